The molecule has 1 rings (SSSR count). The van der Waals surface area contributed by atoms with Crippen molar-refractivity contribution in [1.29, 1.82) is 0 Å². The minimum absolute atomic E-state index is 0.495. The van der Waals surface area contributed by atoms with Crippen LogP contribution >= 0.6 is 0 Å². The van der Waals surface area contributed by atoms with E-state index in [1.54, 1.807) is 31.2 Å². The number of hydrogen-bond acceptors (Lipinski definition) is 6. The Bertz CT molecular complexity index is 568. The van der Waals surface area contributed by atoms with Crippen LogP contribution in [0.2, 0.25) is 0 Å². The zero-order chi connectivity index (χ0) is 22.1. The second-order valence-electron chi connectivity index (χ2n) is 6.02. The molecule has 0 aliphatic heterocycles. The minimum atomic E-state index is -1.00. The standard InChI is InChI=1S/C8H9NO2.C7H15NO2.C4H9NO2/c9-7(8(10)11)6-4-2-1-3-5-6;1-2-3-4-5-6(8)7(9)10;1-2-3(5)4(6)7/h1-5,7H,9H2,(H,10,11);6H,2-5,8H2,1H3,(H,9,10);3H,2,5H2,1H3,(H,6,7)/t7-;;3-/m1.1/s1. The Morgan fingerprint density at radius 1 is 0.821 bits per heavy atom. The summed E-state index contributed by atoms with van der Waals surface area (Å²) in [6.45, 7) is 3.81. The van der Waals surface area contributed by atoms with Gasteiger partial charge in [0.1, 0.15) is 18.1 Å². The van der Waals surface area contributed by atoms with Crippen molar-refractivity contribution in [3.63, 3.8) is 0 Å². The largest absolute Gasteiger partial charge is 0.480 e. The van der Waals surface area contributed by atoms with Crippen molar-refractivity contribution < 1.29 is 29.7 Å². The Hall–Kier alpha value is -2.49. The van der Waals surface area contributed by atoms with Gasteiger partial charge in [-0.2, -0.15) is 0 Å². The predicted octanol–water partition coefficient (Wildman–Crippen LogP) is 1.56. The van der Waals surface area contributed by atoms with E-state index in [1.165, 1.54) is 0 Å². The maximum absolute atomic E-state index is 10.4. The summed E-state index contributed by atoms with van der Waals surface area (Å²) >= 11 is 0. The first-order valence-corrected chi connectivity index (χ1v) is 9.08. The lowest BCUT2D eigenvalue weighted by molar-refractivity contribution is -0.139. The molecule has 1 aromatic rings. The first-order valence-electron chi connectivity index (χ1n) is 9.08. The number of hydrogen-bond donors (Lipinski definition) is 6. The van der Waals surface area contributed by atoms with Crippen molar-refractivity contribution in [2.24, 2.45) is 17.2 Å². The molecule has 0 fully saturated rings. The zero-order valence-corrected chi connectivity index (χ0v) is 16.5. The Kier molecular flexibility index (Phi) is 16.5. The van der Waals surface area contributed by atoms with Crippen LogP contribution in [0.25, 0.3) is 0 Å². The number of carboxylic acid groups (broad SMARTS) is 3. The highest BCUT2D eigenvalue weighted by Crippen LogP contribution is 2.08. The van der Waals surface area contributed by atoms with E-state index in [2.05, 4.69) is 6.92 Å². The van der Waals surface area contributed by atoms with Gasteiger partial charge in [-0.15, -0.1) is 0 Å². The van der Waals surface area contributed by atoms with Crippen molar-refractivity contribution in [3.05, 3.63) is 35.9 Å². The second-order valence-corrected chi connectivity index (χ2v) is 6.02. The van der Waals surface area contributed by atoms with E-state index in [-0.39, 0.29) is 0 Å². The SMILES string of the molecule is CCCCCC(N)C(=O)O.CC[C@@H](N)C(=O)O.N[C@@H](C(=O)O)c1ccccc1. The zero-order valence-electron chi connectivity index (χ0n) is 16.5. The summed E-state index contributed by atoms with van der Waals surface area (Å²) in [4.78, 5) is 30.3. The van der Waals surface area contributed by atoms with Crippen LogP contribution in [0.4, 0.5) is 0 Å². The van der Waals surface area contributed by atoms with Gasteiger partial charge in [0, 0.05) is 0 Å². The molecule has 9 heteroatoms. The van der Waals surface area contributed by atoms with Crippen molar-refractivity contribution in [2.75, 3.05) is 0 Å². The Balaban J connectivity index is 0. The van der Waals surface area contributed by atoms with E-state index in [9.17, 15) is 14.4 Å². The average molecular weight is 399 g/mol. The molecule has 0 aliphatic rings. The fourth-order valence-corrected chi connectivity index (χ4v) is 1.72. The van der Waals surface area contributed by atoms with Gasteiger partial charge in [-0.3, -0.25) is 14.4 Å². The number of aliphatic carboxylic acids is 3. The average Bonchev–Trinajstić information content (AvgIpc) is 2.68. The summed E-state index contributed by atoms with van der Waals surface area (Å²) in [5, 5.41) is 24.9. The van der Waals surface area contributed by atoms with Crippen LogP contribution in [0.15, 0.2) is 30.3 Å². The fraction of sp³-hybridized carbons (Fsp3) is 0.526. The Morgan fingerprint density at radius 2 is 1.32 bits per heavy atom. The summed E-state index contributed by atoms with van der Waals surface area (Å²) in [5.41, 5.74) is 16.2. The summed E-state index contributed by atoms with van der Waals surface area (Å²) in [6.07, 6.45) is 4.19. The minimum Gasteiger partial charge on any atom is -0.480 e. The second kappa shape index (κ2) is 16.7. The fourth-order valence-electron chi connectivity index (χ4n) is 1.72. The topological polar surface area (TPSA) is 190 Å². The summed E-state index contributed by atoms with van der Waals surface area (Å²) in [6, 6.07) is 6.48. The van der Waals surface area contributed by atoms with Crippen molar-refractivity contribution >= 4 is 17.9 Å². The van der Waals surface area contributed by atoms with Gasteiger partial charge in [-0.25, -0.2) is 0 Å². The predicted molar refractivity (Wildman–Crippen MR) is 107 cm³/mol. The Morgan fingerprint density at radius 3 is 1.64 bits per heavy atom. The smallest absolute Gasteiger partial charge is 0.325 e. The molecule has 0 amide bonds. The van der Waals surface area contributed by atoms with Gasteiger partial charge >= 0.3 is 17.9 Å². The summed E-state index contributed by atoms with van der Waals surface area (Å²) in [7, 11) is 0. The van der Waals surface area contributed by atoms with Crippen LogP contribution in [0.5, 0.6) is 0 Å². The number of carboxylic acids is 3. The van der Waals surface area contributed by atoms with Gasteiger partial charge in [0.15, 0.2) is 0 Å². The number of nitrogens with two attached hydrogens (primary N) is 3. The lowest BCUT2D eigenvalue weighted by atomic mass is 10.1. The lowest BCUT2D eigenvalue weighted by Gasteiger charge is -2.04. The van der Waals surface area contributed by atoms with Crippen molar-refractivity contribution in [3.8, 4) is 0 Å². The van der Waals surface area contributed by atoms with Crippen molar-refractivity contribution in [2.45, 2.75) is 64.1 Å². The van der Waals surface area contributed by atoms with Gasteiger partial charge in [0.2, 0.25) is 0 Å². The van der Waals surface area contributed by atoms with E-state index in [0.29, 0.717) is 18.4 Å². The molecule has 28 heavy (non-hydrogen) atoms. The highest BCUT2D eigenvalue weighted by atomic mass is 16.4. The molecule has 0 saturated heterocycles. The molecule has 0 bridgehead atoms. The van der Waals surface area contributed by atoms with Gasteiger partial charge in [-0.1, -0.05) is 63.4 Å². The van der Waals surface area contributed by atoms with Gasteiger partial charge < -0.3 is 32.5 Å². The molecule has 0 aromatic heterocycles. The van der Waals surface area contributed by atoms with E-state index in [1.807, 2.05) is 6.07 Å². The third kappa shape index (κ3) is 14.7. The molecule has 0 radical (unpaired) electrons. The molecular weight excluding hydrogens is 366 g/mol. The highest BCUT2D eigenvalue weighted by molar-refractivity contribution is 5.75. The van der Waals surface area contributed by atoms with E-state index >= 15 is 0 Å². The molecule has 3 atom stereocenters. The number of unbranched alkanes of at least 4 members (excludes halogenated alkanes) is 2. The number of rotatable bonds is 9. The summed E-state index contributed by atoms with van der Waals surface area (Å²) in [5.74, 6) is -2.82. The number of carbonyl (C=O) groups is 3. The van der Waals surface area contributed by atoms with Crippen LogP contribution in [0, 0.1) is 0 Å². The molecule has 160 valence electrons. The third-order valence-corrected chi connectivity index (χ3v) is 3.62. The van der Waals surface area contributed by atoms with Gasteiger partial charge in [-0.05, 0) is 18.4 Å². The molecule has 9 nitrogen and oxygen atoms in total. The monoisotopic (exact) mass is 399 g/mol. The molecule has 0 saturated carbocycles. The van der Waals surface area contributed by atoms with Crippen LogP contribution in [0.1, 0.15) is 57.6 Å². The van der Waals surface area contributed by atoms with Crippen LogP contribution in [-0.2, 0) is 14.4 Å². The third-order valence-electron chi connectivity index (χ3n) is 3.62. The maximum atomic E-state index is 10.4. The molecule has 9 N–H and O–H groups in total. The van der Waals surface area contributed by atoms with Crippen LogP contribution in [0.3, 0.4) is 0 Å². The first kappa shape index (κ1) is 27.7. The van der Waals surface area contributed by atoms with Crippen LogP contribution < -0.4 is 17.2 Å². The first-order chi connectivity index (χ1) is 13.1. The van der Waals surface area contributed by atoms with Crippen LogP contribution in [-0.4, -0.2) is 45.3 Å². The molecule has 0 spiro atoms. The lowest BCUT2D eigenvalue weighted by Crippen LogP contribution is -2.29. The number of benzene rings is 1. The quantitative estimate of drug-likeness (QED) is 0.334. The maximum Gasteiger partial charge on any atom is 0.325 e. The van der Waals surface area contributed by atoms with Crippen molar-refractivity contribution in [1.82, 2.24) is 0 Å². The molecular formula is C19H33N3O6. The molecule has 1 unspecified atom stereocenters. The Labute approximate surface area is 165 Å². The molecule has 1 aromatic carbocycles. The van der Waals surface area contributed by atoms with E-state index < -0.39 is 36.0 Å². The summed E-state index contributed by atoms with van der Waals surface area (Å²) < 4.78 is 0. The molecule has 0 aliphatic carbocycles. The van der Waals surface area contributed by atoms with Gasteiger partial charge in [0.05, 0.1) is 0 Å². The van der Waals surface area contributed by atoms with E-state index in [0.717, 1.165) is 19.3 Å². The molecule has 0 heterocycles. The van der Waals surface area contributed by atoms with Gasteiger partial charge in [0.25, 0.3) is 0 Å². The highest BCUT2D eigenvalue weighted by Gasteiger charge is 2.12. The normalized spacial score (nSPS) is 12.9. The van der Waals surface area contributed by atoms with E-state index in [4.69, 9.17) is 32.5 Å².